The molecule has 2 bridgehead atoms. The van der Waals surface area contributed by atoms with Gasteiger partial charge in [0.25, 0.3) is 0 Å². The summed E-state index contributed by atoms with van der Waals surface area (Å²) in [6, 6.07) is 9.60. The van der Waals surface area contributed by atoms with E-state index in [-0.39, 0.29) is 24.7 Å². The van der Waals surface area contributed by atoms with Gasteiger partial charge in [-0.2, -0.15) is 5.06 Å². The van der Waals surface area contributed by atoms with E-state index in [4.69, 9.17) is 9.57 Å². The average molecular weight is 446 g/mol. The van der Waals surface area contributed by atoms with E-state index >= 15 is 0 Å². The summed E-state index contributed by atoms with van der Waals surface area (Å²) in [5, 5.41) is 14.1. The molecule has 1 aromatic heterocycles. The Bertz CT molecular complexity index is 929. The number of nitrogens with one attached hydrogen (secondary N) is 1. The molecule has 166 valence electrons. The van der Waals surface area contributed by atoms with Gasteiger partial charge in [-0.25, -0.2) is 9.59 Å². The van der Waals surface area contributed by atoms with Crippen LogP contribution in [0.5, 0.6) is 0 Å². The molecule has 31 heavy (non-hydrogen) atoms. The molecule has 2 aliphatic rings. The van der Waals surface area contributed by atoms with E-state index in [1.807, 2.05) is 56.0 Å². The molecule has 0 radical (unpaired) electrons. The van der Waals surface area contributed by atoms with E-state index in [0.717, 1.165) is 23.4 Å². The molecular formula is C21H27N5O4S. The number of alkyl carbamates (subject to hydrolysis) is 1. The summed E-state index contributed by atoms with van der Waals surface area (Å²) in [5.41, 5.74) is 0.467. The number of aromatic nitrogens is 2. The topological polar surface area (TPSA) is 96.9 Å². The number of amides is 3. The largest absolute Gasteiger partial charge is 0.444 e. The van der Waals surface area contributed by atoms with E-state index in [0.29, 0.717) is 18.2 Å². The molecule has 2 aromatic rings. The Kier molecular flexibility index (Phi) is 6.10. The molecule has 0 saturated carbocycles. The maximum Gasteiger partial charge on any atom is 0.408 e. The summed E-state index contributed by atoms with van der Waals surface area (Å²) < 4.78 is 5.24. The lowest BCUT2D eigenvalue weighted by Crippen LogP contribution is -2.34. The Morgan fingerprint density at radius 3 is 2.74 bits per heavy atom. The molecule has 0 unspecified atom stereocenters. The van der Waals surface area contributed by atoms with Crippen LogP contribution in [0.2, 0.25) is 0 Å². The lowest BCUT2D eigenvalue weighted by Gasteiger charge is -2.28. The van der Waals surface area contributed by atoms with Crippen molar-refractivity contribution < 1.29 is 19.2 Å². The number of ether oxygens (including phenoxy) is 1. The smallest absolute Gasteiger partial charge is 0.408 e. The number of piperidine rings is 1. The first-order chi connectivity index (χ1) is 14.8. The fourth-order valence-corrected chi connectivity index (χ4v) is 4.64. The van der Waals surface area contributed by atoms with Gasteiger partial charge in [-0.1, -0.05) is 41.7 Å². The molecule has 1 aromatic carbocycles. The number of benzene rings is 1. The van der Waals surface area contributed by atoms with Crippen LogP contribution in [0, 0.1) is 0 Å². The number of hydroxylamine groups is 2. The molecule has 10 heteroatoms. The zero-order chi connectivity index (χ0) is 22.0. The third-order valence-corrected chi connectivity index (χ3v) is 6.11. The van der Waals surface area contributed by atoms with Gasteiger partial charge in [-0.05, 0) is 39.2 Å². The standard InChI is InChI=1S/C21H27N5O4S/c1-21(2,3)30-19(27)22-11-17-23-24-18(31-17)16-10-9-15-12-25(16)20(28)26(15)29-13-14-7-5-4-6-8-14/h4-8,15-16H,9-13H2,1-3H3,(H,22,27)/t15-,16-/m0/s1. The summed E-state index contributed by atoms with van der Waals surface area (Å²) in [6.07, 6.45) is 1.15. The van der Waals surface area contributed by atoms with Crippen molar-refractivity contribution in [2.75, 3.05) is 6.54 Å². The number of urea groups is 1. The summed E-state index contributed by atoms with van der Waals surface area (Å²) in [7, 11) is 0. The number of carbonyl (C=O) groups excluding carboxylic acids is 2. The van der Waals surface area contributed by atoms with Gasteiger partial charge in [-0.15, -0.1) is 10.2 Å². The first-order valence-electron chi connectivity index (χ1n) is 10.4. The quantitative estimate of drug-likeness (QED) is 0.729. The molecular weight excluding hydrogens is 418 g/mol. The Balaban J connectivity index is 1.34. The molecule has 1 N–H and O–H groups in total. The van der Waals surface area contributed by atoms with E-state index in [9.17, 15) is 9.59 Å². The molecule has 2 aliphatic heterocycles. The van der Waals surface area contributed by atoms with Gasteiger partial charge in [0.15, 0.2) is 0 Å². The fourth-order valence-electron chi connectivity index (χ4n) is 3.71. The van der Waals surface area contributed by atoms with Crippen LogP contribution < -0.4 is 5.32 Å². The predicted octanol–water partition coefficient (Wildman–Crippen LogP) is 3.64. The Hall–Kier alpha value is -2.72. The highest BCUT2D eigenvalue weighted by molar-refractivity contribution is 7.11. The van der Waals surface area contributed by atoms with Crippen molar-refractivity contribution in [3.63, 3.8) is 0 Å². The van der Waals surface area contributed by atoms with Gasteiger partial charge in [0.1, 0.15) is 22.2 Å². The van der Waals surface area contributed by atoms with Crippen LogP contribution in [0.1, 0.15) is 55.2 Å². The van der Waals surface area contributed by atoms with Crippen molar-refractivity contribution in [2.24, 2.45) is 0 Å². The number of hydrogen-bond donors (Lipinski definition) is 1. The summed E-state index contributed by atoms with van der Waals surface area (Å²) in [6.45, 7) is 6.65. The minimum atomic E-state index is -0.556. The van der Waals surface area contributed by atoms with Crippen molar-refractivity contribution in [3.8, 4) is 0 Å². The van der Waals surface area contributed by atoms with Gasteiger partial charge in [0, 0.05) is 6.54 Å². The van der Waals surface area contributed by atoms with Crippen molar-refractivity contribution in [1.82, 2.24) is 25.5 Å². The molecule has 3 amide bonds. The van der Waals surface area contributed by atoms with Crippen molar-refractivity contribution >= 4 is 23.5 Å². The van der Waals surface area contributed by atoms with Gasteiger partial charge in [0.05, 0.1) is 18.6 Å². The maximum absolute atomic E-state index is 13.0. The van der Waals surface area contributed by atoms with Crippen LogP contribution in [0.4, 0.5) is 9.59 Å². The number of rotatable bonds is 6. The molecule has 2 atom stereocenters. The molecule has 9 nitrogen and oxygen atoms in total. The van der Waals surface area contributed by atoms with Crippen LogP contribution in [0.3, 0.4) is 0 Å². The van der Waals surface area contributed by atoms with E-state index in [2.05, 4.69) is 15.5 Å². The maximum atomic E-state index is 13.0. The number of fused-ring (bicyclic) bond motifs is 2. The van der Waals surface area contributed by atoms with Gasteiger partial charge in [0.2, 0.25) is 0 Å². The molecule has 3 heterocycles. The lowest BCUT2D eigenvalue weighted by atomic mass is 10.0. The number of carbonyl (C=O) groups is 2. The third kappa shape index (κ3) is 5.13. The normalized spacial score (nSPS) is 20.8. The Labute approximate surface area is 185 Å². The SMILES string of the molecule is CC(C)(C)OC(=O)NCc1nnc([C@@H]2CC[C@H]3CN2C(=O)N3OCc2ccccc2)s1. The first kappa shape index (κ1) is 21.5. The third-order valence-electron chi connectivity index (χ3n) is 5.09. The summed E-state index contributed by atoms with van der Waals surface area (Å²) in [5.74, 6) is 0. The monoisotopic (exact) mass is 445 g/mol. The second kappa shape index (κ2) is 8.80. The van der Waals surface area contributed by atoms with Crippen molar-refractivity contribution in [1.29, 1.82) is 0 Å². The van der Waals surface area contributed by atoms with Crippen LogP contribution in [-0.4, -0.2) is 50.5 Å². The number of nitrogens with zero attached hydrogens (tertiary/aromatic N) is 4. The predicted molar refractivity (Wildman–Crippen MR) is 114 cm³/mol. The van der Waals surface area contributed by atoms with Gasteiger partial charge >= 0.3 is 12.1 Å². The van der Waals surface area contributed by atoms with Crippen LogP contribution in [-0.2, 0) is 22.7 Å². The van der Waals surface area contributed by atoms with Crippen LogP contribution in [0.25, 0.3) is 0 Å². The Morgan fingerprint density at radius 2 is 2.00 bits per heavy atom. The van der Waals surface area contributed by atoms with Gasteiger partial charge in [-0.3, -0.25) is 4.84 Å². The minimum Gasteiger partial charge on any atom is -0.444 e. The number of hydrogen-bond acceptors (Lipinski definition) is 7. The lowest BCUT2D eigenvalue weighted by molar-refractivity contribution is -0.140. The first-order valence-corrected chi connectivity index (χ1v) is 11.2. The van der Waals surface area contributed by atoms with E-state index < -0.39 is 11.7 Å². The fraction of sp³-hybridized carbons (Fsp3) is 0.524. The minimum absolute atomic E-state index is 0.0497. The average Bonchev–Trinajstić information content (AvgIpc) is 3.29. The second-order valence-electron chi connectivity index (χ2n) is 8.66. The van der Waals surface area contributed by atoms with Crippen molar-refractivity contribution in [3.05, 3.63) is 45.9 Å². The molecule has 4 rings (SSSR count). The Morgan fingerprint density at radius 1 is 1.23 bits per heavy atom. The zero-order valence-corrected chi connectivity index (χ0v) is 18.7. The zero-order valence-electron chi connectivity index (χ0n) is 17.9. The van der Waals surface area contributed by atoms with E-state index in [1.54, 1.807) is 0 Å². The highest BCUT2D eigenvalue weighted by Crippen LogP contribution is 2.39. The van der Waals surface area contributed by atoms with Crippen molar-refractivity contribution in [2.45, 2.75) is 64.4 Å². The highest BCUT2D eigenvalue weighted by atomic mass is 32.1. The molecule has 2 fully saturated rings. The summed E-state index contributed by atoms with van der Waals surface area (Å²) in [4.78, 5) is 32.5. The van der Waals surface area contributed by atoms with Crippen LogP contribution in [0.15, 0.2) is 30.3 Å². The van der Waals surface area contributed by atoms with Crippen LogP contribution >= 0.6 is 11.3 Å². The molecule has 0 spiro atoms. The van der Waals surface area contributed by atoms with Gasteiger partial charge < -0.3 is 15.0 Å². The second-order valence-corrected chi connectivity index (χ2v) is 9.75. The molecule has 2 saturated heterocycles. The molecule has 0 aliphatic carbocycles. The summed E-state index contributed by atoms with van der Waals surface area (Å²) >= 11 is 1.40. The highest BCUT2D eigenvalue weighted by Gasteiger charge is 2.47. The van der Waals surface area contributed by atoms with E-state index in [1.165, 1.54) is 16.4 Å².